The van der Waals surface area contributed by atoms with Gasteiger partial charge in [0.1, 0.15) is 0 Å². The van der Waals surface area contributed by atoms with Crippen LogP contribution in [0.5, 0.6) is 0 Å². The summed E-state index contributed by atoms with van der Waals surface area (Å²) in [7, 11) is 0. The van der Waals surface area contributed by atoms with Gasteiger partial charge in [0.05, 0.1) is 0 Å². The minimum atomic E-state index is 0.485. The minimum absolute atomic E-state index is 0.485. The highest BCUT2D eigenvalue weighted by atomic mass is 14.6. The number of hydrogen-bond donors (Lipinski definition) is 2. The van der Waals surface area contributed by atoms with Crippen molar-refractivity contribution < 1.29 is 0 Å². The van der Waals surface area contributed by atoms with Crippen LogP contribution in [0.1, 0.15) is 116 Å². The van der Waals surface area contributed by atoms with Crippen molar-refractivity contribution in [2.45, 2.75) is 122 Å². The van der Waals surface area contributed by atoms with Crippen LogP contribution in [0.25, 0.3) is 0 Å². The second-order valence-electron chi connectivity index (χ2n) is 8.36. The Labute approximate surface area is 152 Å². The van der Waals surface area contributed by atoms with Crippen molar-refractivity contribution in [3.05, 3.63) is 0 Å². The SMILES string of the molecule is CCCCCC(CN)CCCCCCCCC(N)C1CCCCC1. The molecule has 4 N–H and O–H groups in total. The maximum Gasteiger partial charge on any atom is 0.00671 e. The number of unbranched alkanes of at least 4 members (excludes halogenated alkanes) is 7. The van der Waals surface area contributed by atoms with Crippen LogP contribution in [0.4, 0.5) is 0 Å². The van der Waals surface area contributed by atoms with Crippen molar-refractivity contribution in [1.29, 1.82) is 0 Å². The summed E-state index contributed by atoms with van der Waals surface area (Å²) in [4.78, 5) is 0. The topological polar surface area (TPSA) is 52.0 Å². The summed E-state index contributed by atoms with van der Waals surface area (Å²) in [6.07, 6.45) is 23.4. The predicted octanol–water partition coefficient (Wildman–Crippen LogP) is 6.17. The van der Waals surface area contributed by atoms with Gasteiger partial charge in [-0.25, -0.2) is 0 Å². The molecule has 0 radical (unpaired) electrons. The highest BCUT2D eigenvalue weighted by molar-refractivity contribution is 4.76. The lowest BCUT2D eigenvalue weighted by Gasteiger charge is -2.27. The quantitative estimate of drug-likeness (QED) is 0.351. The van der Waals surface area contributed by atoms with E-state index in [-0.39, 0.29) is 0 Å². The Morgan fingerprint density at radius 1 is 0.750 bits per heavy atom. The van der Waals surface area contributed by atoms with Crippen molar-refractivity contribution in [3.63, 3.8) is 0 Å². The maximum atomic E-state index is 6.40. The van der Waals surface area contributed by atoms with Gasteiger partial charge in [-0.1, -0.05) is 84.0 Å². The third-order valence-electron chi connectivity index (χ3n) is 6.20. The van der Waals surface area contributed by atoms with Crippen molar-refractivity contribution >= 4 is 0 Å². The molecule has 1 rings (SSSR count). The minimum Gasteiger partial charge on any atom is -0.330 e. The van der Waals surface area contributed by atoms with Gasteiger partial charge in [-0.3, -0.25) is 0 Å². The second-order valence-corrected chi connectivity index (χ2v) is 8.36. The lowest BCUT2D eigenvalue weighted by Crippen LogP contribution is -2.31. The van der Waals surface area contributed by atoms with E-state index in [1.165, 1.54) is 109 Å². The molecule has 0 spiro atoms. The van der Waals surface area contributed by atoms with Gasteiger partial charge < -0.3 is 11.5 Å². The van der Waals surface area contributed by atoms with Crippen LogP contribution in [0.3, 0.4) is 0 Å². The molecule has 0 aromatic rings. The molecule has 0 bridgehead atoms. The van der Waals surface area contributed by atoms with Gasteiger partial charge in [-0.15, -0.1) is 0 Å². The molecule has 144 valence electrons. The van der Waals surface area contributed by atoms with Crippen molar-refractivity contribution in [2.24, 2.45) is 23.3 Å². The van der Waals surface area contributed by atoms with E-state index >= 15 is 0 Å². The lowest BCUT2D eigenvalue weighted by molar-refractivity contribution is 0.290. The molecule has 0 aromatic heterocycles. The van der Waals surface area contributed by atoms with Gasteiger partial charge in [-0.05, 0) is 50.5 Å². The number of nitrogens with two attached hydrogens (primary N) is 2. The van der Waals surface area contributed by atoms with Crippen LogP contribution in [-0.4, -0.2) is 12.6 Å². The summed E-state index contributed by atoms with van der Waals surface area (Å²) >= 11 is 0. The zero-order chi connectivity index (χ0) is 17.5. The normalized spacial score (nSPS) is 18.6. The highest BCUT2D eigenvalue weighted by Crippen LogP contribution is 2.27. The lowest BCUT2D eigenvalue weighted by atomic mass is 9.82. The Morgan fingerprint density at radius 3 is 1.88 bits per heavy atom. The first-order chi connectivity index (χ1) is 11.8. The monoisotopic (exact) mass is 338 g/mol. The summed E-state index contributed by atoms with van der Waals surface area (Å²) in [5.74, 6) is 1.62. The molecule has 1 saturated carbocycles. The van der Waals surface area contributed by atoms with Crippen LogP contribution in [0, 0.1) is 11.8 Å². The molecule has 24 heavy (non-hydrogen) atoms. The van der Waals surface area contributed by atoms with E-state index in [4.69, 9.17) is 11.5 Å². The smallest absolute Gasteiger partial charge is 0.00671 e. The first kappa shape index (κ1) is 22.0. The summed E-state index contributed by atoms with van der Waals surface area (Å²) in [6.45, 7) is 3.17. The fourth-order valence-corrected chi connectivity index (χ4v) is 4.38. The molecule has 1 aliphatic rings. The van der Waals surface area contributed by atoms with E-state index in [2.05, 4.69) is 6.92 Å². The van der Waals surface area contributed by atoms with E-state index < -0.39 is 0 Å². The van der Waals surface area contributed by atoms with E-state index in [0.29, 0.717) is 6.04 Å². The molecule has 0 amide bonds. The third kappa shape index (κ3) is 10.7. The molecule has 1 aliphatic carbocycles. The van der Waals surface area contributed by atoms with Crippen LogP contribution < -0.4 is 11.5 Å². The molecule has 2 atom stereocenters. The van der Waals surface area contributed by atoms with E-state index in [1.807, 2.05) is 0 Å². The average Bonchev–Trinajstić information content (AvgIpc) is 2.63. The Morgan fingerprint density at radius 2 is 1.29 bits per heavy atom. The second kappa shape index (κ2) is 15.2. The molecule has 1 fully saturated rings. The largest absolute Gasteiger partial charge is 0.330 e. The van der Waals surface area contributed by atoms with Gasteiger partial charge in [-0.2, -0.15) is 0 Å². The Bertz CT molecular complexity index is 261. The van der Waals surface area contributed by atoms with E-state index in [9.17, 15) is 0 Å². The van der Waals surface area contributed by atoms with Crippen molar-refractivity contribution in [1.82, 2.24) is 0 Å². The van der Waals surface area contributed by atoms with Gasteiger partial charge in [0.15, 0.2) is 0 Å². The number of rotatable bonds is 15. The fourth-order valence-electron chi connectivity index (χ4n) is 4.38. The van der Waals surface area contributed by atoms with Crippen molar-refractivity contribution in [2.75, 3.05) is 6.54 Å². The van der Waals surface area contributed by atoms with Gasteiger partial charge >= 0.3 is 0 Å². The predicted molar refractivity (Wildman–Crippen MR) is 108 cm³/mol. The third-order valence-corrected chi connectivity index (χ3v) is 6.20. The van der Waals surface area contributed by atoms with E-state index in [1.54, 1.807) is 0 Å². The van der Waals surface area contributed by atoms with Crippen LogP contribution in [0.15, 0.2) is 0 Å². The summed E-state index contributed by atoms with van der Waals surface area (Å²) < 4.78 is 0. The molecule has 2 nitrogen and oxygen atoms in total. The zero-order valence-corrected chi connectivity index (χ0v) is 16.6. The molecule has 0 aliphatic heterocycles. The van der Waals surface area contributed by atoms with Gasteiger partial charge in [0.25, 0.3) is 0 Å². The van der Waals surface area contributed by atoms with Gasteiger partial charge in [0, 0.05) is 6.04 Å². The maximum absolute atomic E-state index is 6.40. The zero-order valence-electron chi connectivity index (χ0n) is 16.6. The molecule has 0 saturated heterocycles. The van der Waals surface area contributed by atoms with E-state index in [0.717, 1.165) is 18.4 Å². The standard InChI is InChI=1S/C22H46N2/c1-2-3-9-14-20(19-23)15-10-6-4-5-7-13-18-22(24)21-16-11-8-12-17-21/h20-22H,2-19,23-24H2,1H3. The highest BCUT2D eigenvalue weighted by Gasteiger charge is 2.19. The Balaban J connectivity index is 1.89. The molecule has 2 unspecified atom stereocenters. The molecule has 2 heteroatoms. The summed E-state index contributed by atoms with van der Waals surface area (Å²) in [5, 5.41) is 0. The molecular weight excluding hydrogens is 292 g/mol. The number of hydrogen-bond acceptors (Lipinski definition) is 2. The Hall–Kier alpha value is -0.0800. The molecule has 0 aromatic carbocycles. The Kier molecular flexibility index (Phi) is 13.9. The fraction of sp³-hybridized carbons (Fsp3) is 1.00. The summed E-state index contributed by atoms with van der Waals surface area (Å²) in [6, 6.07) is 0.485. The first-order valence-corrected chi connectivity index (χ1v) is 11.2. The molecular formula is C22H46N2. The van der Waals surface area contributed by atoms with Crippen LogP contribution in [0.2, 0.25) is 0 Å². The summed E-state index contributed by atoms with van der Waals surface area (Å²) in [5.41, 5.74) is 12.3. The average molecular weight is 339 g/mol. The van der Waals surface area contributed by atoms with Crippen molar-refractivity contribution in [3.8, 4) is 0 Å². The first-order valence-electron chi connectivity index (χ1n) is 11.2. The molecule has 0 heterocycles. The van der Waals surface area contributed by atoms with Crippen LogP contribution in [-0.2, 0) is 0 Å². The van der Waals surface area contributed by atoms with Gasteiger partial charge in [0.2, 0.25) is 0 Å². The van der Waals surface area contributed by atoms with Crippen LogP contribution >= 0.6 is 0 Å².